The molecule has 134 valence electrons. The third kappa shape index (κ3) is 3.37. The molecular weight excluding hydrogens is 336 g/mol. The summed E-state index contributed by atoms with van der Waals surface area (Å²) < 4.78 is 14.7. The van der Waals surface area contributed by atoms with E-state index in [9.17, 15) is 24.5 Å². The molecule has 0 unspecified atom stereocenters. The molecule has 2 rings (SSSR count). The van der Waals surface area contributed by atoms with Gasteiger partial charge in [0.1, 0.15) is 11.6 Å². The largest absolute Gasteiger partial charge is 0.493 e. The summed E-state index contributed by atoms with van der Waals surface area (Å²) in [5.74, 6) is -1.76. The zero-order valence-corrected chi connectivity index (χ0v) is 13.8. The molecular formula is C15H16N2O8. The summed E-state index contributed by atoms with van der Waals surface area (Å²) in [7, 11) is 3.75. The molecule has 1 saturated heterocycles. The zero-order valence-electron chi connectivity index (χ0n) is 13.8. The lowest BCUT2D eigenvalue weighted by Crippen LogP contribution is -2.41. The first-order chi connectivity index (χ1) is 11.8. The SMILES string of the molecule is COC(=O)[C@@H]1CC(=O)CN1C(=O)c1cc(OC)c(OC)cc1[N+](=O)[O-]. The number of benzene rings is 1. The number of rotatable bonds is 5. The van der Waals surface area contributed by atoms with Crippen LogP contribution in [0.2, 0.25) is 0 Å². The molecule has 0 N–H and O–H groups in total. The first-order valence-electron chi connectivity index (χ1n) is 7.15. The first-order valence-corrected chi connectivity index (χ1v) is 7.15. The second-order valence-corrected chi connectivity index (χ2v) is 5.20. The van der Waals surface area contributed by atoms with Gasteiger partial charge in [0.25, 0.3) is 11.6 Å². The molecule has 1 aromatic carbocycles. The summed E-state index contributed by atoms with van der Waals surface area (Å²) in [6.07, 6.45) is -0.195. The van der Waals surface area contributed by atoms with Gasteiger partial charge < -0.3 is 19.1 Å². The molecule has 0 aromatic heterocycles. The smallest absolute Gasteiger partial charge is 0.329 e. The van der Waals surface area contributed by atoms with Crippen LogP contribution in [0.4, 0.5) is 5.69 Å². The molecule has 0 aliphatic carbocycles. The van der Waals surface area contributed by atoms with Crippen molar-refractivity contribution in [2.45, 2.75) is 12.5 Å². The molecule has 10 heteroatoms. The number of carbonyl (C=O) groups is 3. The Bertz CT molecular complexity index is 745. The van der Waals surface area contributed by atoms with E-state index in [1.54, 1.807) is 0 Å². The summed E-state index contributed by atoms with van der Waals surface area (Å²) in [4.78, 5) is 47.8. The van der Waals surface area contributed by atoms with Crippen LogP contribution in [0.25, 0.3) is 0 Å². The number of nitrogens with zero attached hydrogens (tertiary/aromatic N) is 2. The maximum atomic E-state index is 12.8. The molecule has 25 heavy (non-hydrogen) atoms. The number of ketones is 1. The fourth-order valence-corrected chi connectivity index (χ4v) is 2.60. The number of carbonyl (C=O) groups excluding carboxylic acids is 3. The highest BCUT2D eigenvalue weighted by Crippen LogP contribution is 2.35. The van der Waals surface area contributed by atoms with Crippen LogP contribution in [0, 0.1) is 10.1 Å². The average molecular weight is 352 g/mol. The molecule has 0 spiro atoms. The monoisotopic (exact) mass is 352 g/mol. The molecule has 0 saturated carbocycles. The van der Waals surface area contributed by atoms with Crippen LogP contribution in [0.1, 0.15) is 16.8 Å². The van der Waals surface area contributed by atoms with Gasteiger partial charge in [0.05, 0.1) is 38.9 Å². The quantitative estimate of drug-likeness (QED) is 0.428. The van der Waals surface area contributed by atoms with Crippen LogP contribution < -0.4 is 9.47 Å². The maximum Gasteiger partial charge on any atom is 0.329 e. The minimum atomic E-state index is -1.11. The number of likely N-dealkylation sites (tertiary alicyclic amines) is 1. The first kappa shape index (κ1) is 18.2. The summed E-state index contributed by atoms with van der Waals surface area (Å²) in [5.41, 5.74) is -0.836. The Kier molecular flexibility index (Phi) is 5.20. The van der Waals surface area contributed by atoms with Crippen molar-refractivity contribution in [3.05, 3.63) is 27.8 Å². The number of Topliss-reactive ketones (excluding diaryl/α,β-unsaturated/α-hetero) is 1. The second kappa shape index (κ2) is 7.16. The van der Waals surface area contributed by atoms with Gasteiger partial charge in [-0.2, -0.15) is 0 Å². The van der Waals surface area contributed by atoms with Crippen molar-refractivity contribution in [2.75, 3.05) is 27.9 Å². The Morgan fingerprint density at radius 1 is 1.20 bits per heavy atom. The fourth-order valence-electron chi connectivity index (χ4n) is 2.60. The Morgan fingerprint density at radius 2 is 1.80 bits per heavy atom. The van der Waals surface area contributed by atoms with E-state index >= 15 is 0 Å². The molecule has 1 amide bonds. The van der Waals surface area contributed by atoms with Gasteiger partial charge >= 0.3 is 5.97 Å². The Hall–Kier alpha value is -3.17. The number of hydrogen-bond acceptors (Lipinski definition) is 8. The number of hydrogen-bond donors (Lipinski definition) is 0. The van der Waals surface area contributed by atoms with Crippen LogP contribution in [0.15, 0.2) is 12.1 Å². The van der Waals surface area contributed by atoms with Crippen LogP contribution in [-0.2, 0) is 14.3 Å². The number of nitro groups is 1. The molecule has 1 aliphatic heterocycles. The van der Waals surface area contributed by atoms with E-state index in [4.69, 9.17) is 9.47 Å². The zero-order chi connectivity index (χ0) is 18.7. The molecule has 0 bridgehead atoms. The Morgan fingerprint density at radius 3 is 2.32 bits per heavy atom. The highest BCUT2D eigenvalue weighted by Gasteiger charge is 2.41. The van der Waals surface area contributed by atoms with Crippen molar-refractivity contribution >= 4 is 23.3 Å². The van der Waals surface area contributed by atoms with E-state index in [0.717, 1.165) is 24.1 Å². The van der Waals surface area contributed by atoms with Crippen molar-refractivity contribution in [3.63, 3.8) is 0 Å². The van der Waals surface area contributed by atoms with Crippen molar-refractivity contribution in [1.82, 2.24) is 4.90 Å². The summed E-state index contributed by atoms with van der Waals surface area (Å²) >= 11 is 0. The van der Waals surface area contributed by atoms with Crippen LogP contribution in [0.3, 0.4) is 0 Å². The highest BCUT2D eigenvalue weighted by atomic mass is 16.6. The lowest BCUT2D eigenvalue weighted by molar-refractivity contribution is -0.385. The molecule has 1 aromatic rings. The lowest BCUT2D eigenvalue weighted by atomic mass is 10.1. The summed E-state index contributed by atoms with van der Waals surface area (Å²) in [5, 5.41) is 11.3. The normalized spacial score (nSPS) is 16.5. The minimum Gasteiger partial charge on any atom is -0.493 e. The lowest BCUT2D eigenvalue weighted by Gasteiger charge is -2.22. The molecule has 0 radical (unpaired) electrons. The van der Waals surface area contributed by atoms with Gasteiger partial charge in [-0.1, -0.05) is 0 Å². The van der Waals surface area contributed by atoms with E-state index in [2.05, 4.69) is 4.74 Å². The number of ether oxygens (including phenoxy) is 3. The predicted molar refractivity (Wildman–Crippen MR) is 82.7 cm³/mol. The Balaban J connectivity index is 2.52. The maximum absolute atomic E-state index is 12.8. The van der Waals surface area contributed by atoms with E-state index in [-0.39, 0.29) is 35.8 Å². The molecule has 1 fully saturated rings. The number of nitro benzene ring substituents is 1. The molecule has 10 nitrogen and oxygen atoms in total. The van der Waals surface area contributed by atoms with Crippen molar-refractivity contribution < 1.29 is 33.5 Å². The van der Waals surface area contributed by atoms with Gasteiger partial charge in [-0.15, -0.1) is 0 Å². The Labute approximate surface area is 142 Å². The fraction of sp³-hybridized carbons (Fsp3) is 0.400. The van der Waals surface area contributed by atoms with Gasteiger partial charge in [-0.25, -0.2) is 4.79 Å². The van der Waals surface area contributed by atoms with E-state index in [1.165, 1.54) is 14.2 Å². The van der Waals surface area contributed by atoms with Gasteiger partial charge in [0.2, 0.25) is 0 Å². The van der Waals surface area contributed by atoms with E-state index in [0.29, 0.717) is 0 Å². The highest BCUT2D eigenvalue weighted by molar-refractivity contribution is 6.05. The molecule has 1 atom stereocenters. The third-order valence-corrected chi connectivity index (χ3v) is 3.81. The molecule has 1 heterocycles. The summed E-state index contributed by atoms with van der Waals surface area (Å²) in [6, 6.07) is 1.09. The van der Waals surface area contributed by atoms with Gasteiger partial charge in [-0.05, 0) is 0 Å². The second-order valence-electron chi connectivity index (χ2n) is 5.20. The molecule has 1 aliphatic rings. The van der Waals surface area contributed by atoms with E-state index < -0.39 is 28.5 Å². The third-order valence-electron chi connectivity index (χ3n) is 3.81. The number of amides is 1. The van der Waals surface area contributed by atoms with Crippen LogP contribution >= 0.6 is 0 Å². The minimum absolute atomic E-state index is 0.0766. The average Bonchev–Trinajstić information content (AvgIpc) is 3.00. The predicted octanol–water partition coefficient (Wildman–Crippen LogP) is 0.569. The number of esters is 1. The standard InChI is InChI=1S/C15H16N2O8/c1-23-12-5-9(10(17(21)22)6-13(12)24-2)14(19)16-7-8(18)4-11(16)15(20)25-3/h5-6,11H,4,7H2,1-3H3/t11-/m0/s1. The van der Waals surface area contributed by atoms with Crippen LogP contribution in [0.5, 0.6) is 11.5 Å². The van der Waals surface area contributed by atoms with Gasteiger partial charge in [-0.3, -0.25) is 19.7 Å². The van der Waals surface area contributed by atoms with Crippen molar-refractivity contribution in [2.24, 2.45) is 0 Å². The van der Waals surface area contributed by atoms with Crippen molar-refractivity contribution in [3.8, 4) is 11.5 Å². The van der Waals surface area contributed by atoms with E-state index in [1.807, 2.05) is 0 Å². The topological polar surface area (TPSA) is 125 Å². The summed E-state index contributed by atoms with van der Waals surface area (Å²) in [6.45, 7) is -0.329. The van der Waals surface area contributed by atoms with Crippen LogP contribution in [-0.4, -0.2) is 61.4 Å². The number of methoxy groups -OCH3 is 3. The van der Waals surface area contributed by atoms with Crippen molar-refractivity contribution in [1.29, 1.82) is 0 Å². The van der Waals surface area contributed by atoms with Gasteiger partial charge in [0.15, 0.2) is 17.3 Å². The van der Waals surface area contributed by atoms with Gasteiger partial charge in [0, 0.05) is 12.5 Å².